The van der Waals surface area contributed by atoms with Crippen LogP contribution in [0.5, 0.6) is 11.5 Å². The van der Waals surface area contributed by atoms with Crippen LogP contribution in [-0.4, -0.2) is 46.6 Å². The largest absolute Gasteiger partial charge is 0.493 e. The number of thioether (sulfide) groups is 1. The first kappa shape index (κ1) is 25.1. The van der Waals surface area contributed by atoms with E-state index in [0.717, 1.165) is 16.5 Å². The average molecular weight is 506 g/mol. The standard InChI is InChI=1S/C26H27N5O4S/c1-4-31-23(15-27-25(33)19-10-12-21(34-2)22(14-19)35-3)29-30-26(31)36-16-24(32)28-20-11-9-17-7-5-6-8-18(17)13-20/h5-14H,4,15-16H2,1-3H3,(H,27,33)(H,28,32). The molecule has 0 saturated carbocycles. The van der Waals surface area contributed by atoms with Gasteiger partial charge in [0.05, 0.1) is 26.5 Å². The van der Waals surface area contributed by atoms with Gasteiger partial charge in [0.15, 0.2) is 22.5 Å². The summed E-state index contributed by atoms with van der Waals surface area (Å²) in [5.41, 5.74) is 1.19. The third-order valence-electron chi connectivity index (χ3n) is 5.53. The molecular weight excluding hydrogens is 478 g/mol. The quantitative estimate of drug-likeness (QED) is 0.312. The molecule has 0 radical (unpaired) electrons. The van der Waals surface area contributed by atoms with Crippen molar-refractivity contribution in [1.29, 1.82) is 0 Å². The molecule has 0 bridgehead atoms. The molecule has 36 heavy (non-hydrogen) atoms. The average Bonchev–Trinajstić information content (AvgIpc) is 3.31. The van der Waals surface area contributed by atoms with Gasteiger partial charge in [0.25, 0.3) is 5.91 Å². The number of hydrogen-bond acceptors (Lipinski definition) is 7. The van der Waals surface area contributed by atoms with Gasteiger partial charge in [-0.2, -0.15) is 0 Å². The van der Waals surface area contributed by atoms with Crippen molar-refractivity contribution in [3.63, 3.8) is 0 Å². The van der Waals surface area contributed by atoms with Crippen molar-refractivity contribution in [1.82, 2.24) is 20.1 Å². The van der Waals surface area contributed by atoms with Crippen molar-refractivity contribution in [2.24, 2.45) is 0 Å². The molecule has 0 aliphatic rings. The van der Waals surface area contributed by atoms with Crippen LogP contribution in [0.25, 0.3) is 10.8 Å². The van der Waals surface area contributed by atoms with E-state index in [1.807, 2.05) is 54.0 Å². The van der Waals surface area contributed by atoms with E-state index in [1.54, 1.807) is 18.2 Å². The van der Waals surface area contributed by atoms with Gasteiger partial charge in [0.2, 0.25) is 5.91 Å². The van der Waals surface area contributed by atoms with Gasteiger partial charge in [-0.1, -0.05) is 42.1 Å². The summed E-state index contributed by atoms with van der Waals surface area (Å²) >= 11 is 1.30. The first-order valence-corrected chi connectivity index (χ1v) is 12.3. The van der Waals surface area contributed by atoms with E-state index in [1.165, 1.54) is 26.0 Å². The first-order valence-electron chi connectivity index (χ1n) is 11.4. The normalized spacial score (nSPS) is 10.8. The zero-order valence-electron chi connectivity index (χ0n) is 20.3. The van der Waals surface area contributed by atoms with E-state index in [2.05, 4.69) is 20.8 Å². The molecule has 0 aliphatic carbocycles. The number of nitrogens with one attached hydrogen (secondary N) is 2. The Bertz CT molecular complexity index is 1390. The summed E-state index contributed by atoms with van der Waals surface area (Å²) in [6.45, 7) is 2.75. The number of methoxy groups -OCH3 is 2. The molecule has 0 saturated heterocycles. The van der Waals surface area contributed by atoms with Crippen molar-refractivity contribution in [2.45, 2.75) is 25.2 Å². The summed E-state index contributed by atoms with van der Waals surface area (Å²) in [5.74, 6) is 1.40. The zero-order chi connectivity index (χ0) is 25.5. The highest BCUT2D eigenvalue weighted by atomic mass is 32.2. The van der Waals surface area contributed by atoms with Crippen LogP contribution in [0.3, 0.4) is 0 Å². The summed E-state index contributed by atoms with van der Waals surface area (Å²) in [5, 5.41) is 17.0. The second-order valence-electron chi connectivity index (χ2n) is 7.79. The third-order valence-corrected chi connectivity index (χ3v) is 6.49. The molecule has 0 fully saturated rings. The Morgan fingerprint density at radius 2 is 1.72 bits per heavy atom. The molecule has 0 unspecified atom stereocenters. The third kappa shape index (κ3) is 5.77. The topological polar surface area (TPSA) is 107 Å². The number of ether oxygens (including phenoxy) is 2. The van der Waals surface area contributed by atoms with Crippen molar-refractivity contribution in [3.05, 3.63) is 72.1 Å². The summed E-state index contributed by atoms with van der Waals surface area (Å²) in [6.07, 6.45) is 0. The molecule has 4 aromatic rings. The van der Waals surface area contributed by atoms with E-state index in [9.17, 15) is 9.59 Å². The first-order chi connectivity index (χ1) is 17.5. The molecule has 1 aromatic heterocycles. The van der Waals surface area contributed by atoms with Crippen LogP contribution < -0.4 is 20.1 Å². The fraction of sp³-hybridized carbons (Fsp3) is 0.231. The van der Waals surface area contributed by atoms with Gasteiger partial charge in [-0.05, 0) is 48.0 Å². The predicted molar refractivity (Wildman–Crippen MR) is 140 cm³/mol. The van der Waals surface area contributed by atoms with Crippen LogP contribution in [0.4, 0.5) is 5.69 Å². The maximum absolute atomic E-state index is 12.6. The lowest BCUT2D eigenvalue weighted by atomic mass is 10.1. The fourth-order valence-electron chi connectivity index (χ4n) is 3.71. The monoisotopic (exact) mass is 505 g/mol. The van der Waals surface area contributed by atoms with Crippen molar-refractivity contribution >= 4 is 40.0 Å². The molecule has 1 heterocycles. The van der Waals surface area contributed by atoms with Crippen LogP contribution >= 0.6 is 11.8 Å². The van der Waals surface area contributed by atoms with Gasteiger partial charge < -0.3 is 24.7 Å². The van der Waals surface area contributed by atoms with E-state index < -0.39 is 0 Å². The number of carbonyl (C=O) groups excluding carboxylic acids is 2. The summed E-state index contributed by atoms with van der Waals surface area (Å²) in [4.78, 5) is 25.2. The molecule has 3 aromatic carbocycles. The van der Waals surface area contributed by atoms with E-state index >= 15 is 0 Å². The molecule has 0 atom stereocenters. The second kappa shape index (κ2) is 11.6. The number of rotatable bonds is 10. The van der Waals surface area contributed by atoms with Gasteiger partial charge >= 0.3 is 0 Å². The Hall–Kier alpha value is -4.05. The molecule has 0 aliphatic heterocycles. The minimum Gasteiger partial charge on any atom is -0.493 e. The lowest BCUT2D eigenvalue weighted by Gasteiger charge is -2.11. The van der Waals surface area contributed by atoms with Gasteiger partial charge in [0.1, 0.15) is 0 Å². The lowest BCUT2D eigenvalue weighted by Crippen LogP contribution is -2.25. The number of hydrogen-bond donors (Lipinski definition) is 2. The van der Waals surface area contributed by atoms with Crippen LogP contribution in [0.2, 0.25) is 0 Å². The number of anilines is 1. The highest BCUT2D eigenvalue weighted by Gasteiger charge is 2.16. The number of aromatic nitrogens is 3. The van der Waals surface area contributed by atoms with Crippen molar-refractivity contribution in [2.75, 3.05) is 25.3 Å². The molecule has 10 heteroatoms. The fourth-order valence-corrected chi connectivity index (χ4v) is 4.53. The van der Waals surface area contributed by atoms with E-state index in [0.29, 0.717) is 34.6 Å². The Labute approximate surface area is 213 Å². The van der Waals surface area contributed by atoms with Crippen LogP contribution in [0.15, 0.2) is 65.8 Å². The minimum absolute atomic E-state index is 0.135. The van der Waals surface area contributed by atoms with Crippen LogP contribution in [0, 0.1) is 0 Å². The van der Waals surface area contributed by atoms with E-state index in [4.69, 9.17) is 9.47 Å². The van der Waals surface area contributed by atoms with Gasteiger partial charge in [-0.3, -0.25) is 9.59 Å². The number of nitrogens with zero attached hydrogens (tertiary/aromatic N) is 3. The number of amides is 2. The number of fused-ring (bicyclic) bond motifs is 1. The molecule has 4 rings (SSSR count). The van der Waals surface area contributed by atoms with Crippen LogP contribution in [0.1, 0.15) is 23.1 Å². The maximum atomic E-state index is 12.6. The Morgan fingerprint density at radius 1 is 0.944 bits per heavy atom. The zero-order valence-corrected chi connectivity index (χ0v) is 21.1. The number of carbonyl (C=O) groups is 2. The molecule has 2 amide bonds. The molecular formula is C26H27N5O4S. The molecule has 2 N–H and O–H groups in total. The Kier molecular flexibility index (Phi) is 8.06. The SMILES string of the molecule is CCn1c(CNC(=O)c2ccc(OC)c(OC)c2)nnc1SCC(=O)Nc1ccc2ccccc2c1. The Morgan fingerprint density at radius 3 is 2.47 bits per heavy atom. The minimum atomic E-state index is -0.273. The molecule has 0 spiro atoms. The lowest BCUT2D eigenvalue weighted by molar-refractivity contribution is -0.113. The summed E-state index contributed by atoms with van der Waals surface area (Å²) in [7, 11) is 3.06. The Balaban J connectivity index is 1.34. The van der Waals surface area contributed by atoms with Gasteiger partial charge in [0, 0.05) is 17.8 Å². The van der Waals surface area contributed by atoms with Crippen molar-refractivity contribution in [3.8, 4) is 11.5 Å². The second-order valence-corrected chi connectivity index (χ2v) is 8.74. The smallest absolute Gasteiger partial charge is 0.251 e. The summed E-state index contributed by atoms with van der Waals surface area (Å²) in [6, 6.07) is 18.8. The highest BCUT2D eigenvalue weighted by Crippen LogP contribution is 2.27. The molecule has 9 nitrogen and oxygen atoms in total. The summed E-state index contributed by atoms with van der Waals surface area (Å²) < 4.78 is 12.4. The van der Waals surface area contributed by atoms with Gasteiger partial charge in [-0.15, -0.1) is 10.2 Å². The molecule has 186 valence electrons. The van der Waals surface area contributed by atoms with E-state index in [-0.39, 0.29) is 24.1 Å². The predicted octanol–water partition coefficient (Wildman–Crippen LogP) is 4.13. The van der Waals surface area contributed by atoms with Crippen LogP contribution in [-0.2, 0) is 17.9 Å². The van der Waals surface area contributed by atoms with Gasteiger partial charge in [-0.25, -0.2) is 0 Å². The van der Waals surface area contributed by atoms with Crippen molar-refractivity contribution < 1.29 is 19.1 Å². The number of benzene rings is 3. The highest BCUT2D eigenvalue weighted by molar-refractivity contribution is 7.99. The maximum Gasteiger partial charge on any atom is 0.251 e.